The fourth-order valence-corrected chi connectivity index (χ4v) is 2.92. The standard InChI is InChI=1S/C19H20FN/c20-18-12-6-4-10-16(18)17-11-5-7-13-19(17)21-14-15-8-2-1-3-9-15/h1-4,6,8-12,19,21H,5,7,13-14H2/t19-/m0/s1. The predicted octanol–water partition coefficient (Wildman–Crippen LogP) is 4.55. The summed E-state index contributed by atoms with van der Waals surface area (Å²) in [6, 6.07) is 17.6. The van der Waals surface area contributed by atoms with Gasteiger partial charge in [-0.2, -0.15) is 0 Å². The third-order valence-electron chi connectivity index (χ3n) is 4.02. The van der Waals surface area contributed by atoms with Crippen LogP contribution >= 0.6 is 0 Å². The zero-order valence-corrected chi connectivity index (χ0v) is 12.1. The van der Waals surface area contributed by atoms with Crippen molar-refractivity contribution in [2.45, 2.75) is 31.8 Å². The molecule has 0 aliphatic heterocycles. The summed E-state index contributed by atoms with van der Waals surface area (Å²) < 4.78 is 14.0. The molecule has 0 saturated heterocycles. The summed E-state index contributed by atoms with van der Waals surface area (Å²) in [4.78, 5) is 0. The molecule has 1 nitrogen and oxygen atoms in total. The van der Waals surface area contributed by atoms with E-state index in [4.69, 9.17) is 0 Å². The summed E-state index contributed by atoms with van der Waals surface area (Å²) in [7, 11) is 0. The van der Waals surface area contributed by atoms with Gasteiger partial charge in [0, 0.05) is 18.2 Å². The minimum atomic E-state index is -0.128. The van der Waals surface area contributed by atoms with Crippen LogP contribution in [0.4, 0.5) is 4.39 Å². The minimum absolute atomic E-state index is 0.128. The van der Waals surface area contributed by atoms with Gasteiger partial charge in [0.1, 0.15) is 5.82 Å². The Bertz CT molecular complexity index is 618. The van der Waals surface area contributed by atoms with E-state index in [1.54, 1.807) is 12.1 Å². The van der Waals surface area contributed by atoms with E-state index in [1.165, 1.54) is 5.56 Å². The zero-order chi connectivity index (χ0) is 14.5. The van der Waals surface area contributed by atoms with Gasteiger partial charge >= 0.3 is 0 Å². The molecule has 3 rings (SSSR count). The van der Waals surface area contributed by atoms with Gasteiger partial charge in [-0.05, 0) is 36.5 Å². The molecule has 0 fully saturated rings. The molecule has 1 aliphatic rings. The lowest BCUT2D eigenvalue weighted by Crippen LogP contribution is -2.31. The fraction of sp³-hybridized carbons (Fsp3) is 0.263. The number of hydrogen-bond acceptors (Lipinski definition) is 1. The summed E-state index contributed by atoms with van der Waals surface area (Å²) in [5.74, 6) is -0.128. The van der Waals surface area contributed by atoms with Crippen molar-refractivity contribution in [1.82, 2.24) is 5.32 Å². The van der Waals surface area contributed by atoms with E-state index < -0.39 is 0 Å². The highest BCUT2D eigenvalue weighted by atomic mass is 19.1. The van der Waals surface area contributed by atoms with E-state index in [9.17, 15) is 4.39 Å². The Hall–Kier alpha value is -1.93. The van der Waals surface area contributed by atoms with E-state index in [-0.39, 0.29) is 11.9 Å². The molecule has 0 heterocycles. The number of halogens is 1. The summed E-state index contributed by atoms with van der Waals surface area (Å²) >= 11 is 0. The number of benzene rings is 2. The molecule has 1 atom stereocenters. The molecule has 0 amide bonds. The summed E-state index contributed by atoms with van der Waals surface area (Å²) in [6.45, 7) is 0.817. The third kappa shape index (κ3) is 3.40. The van der Waals surface area contributed by atoms with Gasteiger partial charge in [-0.25, -0.2) is 4.39 Å². The van der Waals surface area contributed by atoms with Crippen LogP contribution in [0, 0.1) is 5.82 Å². The molecular formula is C19H20FN. The molecule has 2 aromatic rings. The lowest BCUT2D eigenvalue weighted by molar-refractivity contribution is 0.531. The summed E-state index contributed by atoms with van der Waals surface area (Å²) in [5, 5.41) is 3.58. The zero-order valence-electron chi connectivity index (χ0n) is 12.1. The largest absolute Gasteiger partial charge is 0.306 e. The van der Waals surface area contributed by atoms with Crippen LogP contribution in [0.1, 0.15) is 30.4 Å². The average molecular weight is 281 g/mol. The van der Waals surface area contributed by atoms with Crippen molar-refractivity contribution >= 4 is 5.57 Å². The predicted molar refractivity (Wildman–Crippen MR) is 85.3 cm³/mol. The van der Waals surface area contributed by atoms with Crippen molar-refractivity contribution in [3.05, 3.63) is 77.6 Å². The summed E-state index contributed by atoms with van der Waals surface area (Å²) in [5.41, 5.74) is 3.11. The molecule has 1 N–H and O–H groups in total. The molecule has 1 aliphatic carbocycles. The van der Waals surface area contributed by atoms with Crippen molar-refractivity contribution in [3.8, 4) is 0 Å². The van der Waals surface area contributed by atoms with E-state index in [0.717, 1.165) is 36.9 Å². The fourth-order valence-electron chi connectivity index (χ4n) is 2.92. The van der Waals surface area contributed by atoms with E-state index >= 15 is 0 Å². The maximum Gasteiger partial charge on any atom is 0.130 e. The van der Waals surface area contributed by atoms with Gasteiger partial charge in [0.25, 0.3) is 0 Å². The van der Waals surface area contributed by atoms with E-state index in [2.05, 4.69) is 23.5 Å². The number of rotatable bonds is 4. The molecule has 0 unspecified atom stereocenters. The molecule has 0 bridgehead atoms. The molecule has 0 saturated carbocycles. The minimum Gasteiger partial charge on any atom is -0.306 e. The Morgan fingerprint density at radius 3 is 2.57 bits per heavy atom. The van der Waals surface area contributed by atoms with Crippen LogP contribution in [0.25, 0.3) is 5.57 Å². The molecule has 2 aromatic carbocycles. The van der Waals surface area contributed by atoms with Crippen molar-refractivity contribution in [2.24, 2.45) is 0 Å². The molecule has 108 valence electrons. The van der Waals surface area contributed by atoms with E-state index in [1.807, 2.05) is 30.3 Å². The Morgan fingerprint density at radius 2 is 1.76 bits per heavy atom. The highest BCUT2D eigenvalue weighted by molar-refractivity contribution is 5.70. The van der Waals surface area contributed by atoms with Crippen molar-refractivity contribution in [2.75, 3.05) is 0 Å². The molecular weight excluding hydrogens is 261 g/mol. The second-order valence-electron chi connectivity index (χ2n) is 5.49. The van der Waals surface area contributed by atoms with Crippen molar-refractivity contribution < 1.29 is 4.39 Å². The Kier molecular flexibility index (Phi) is 4.46. The van der Waals surface area contributed by atoms with Crippen LogP contribution in [0.5, 0.6) is 0 Å². The third-order valence-corrected chi connectivity index (χ3v) is 4.02. The van der Waals surface area contributed by atoms with Gasteiger partial charge in [0.15, 0.2) is 0 Å². The van der Waals surface area contributed by atoms with Crippen molar-refractivity contribution in [3.63, 3.8) is 0 Å². The molecule has 0 aromatic heterocycles. The number of allylic oxidation sites excluding steroid dienone is 1. The van der Waals surface area contributed by atoms with Crippen LogP contribution in [-0.2, 0) is 6.54 Å². The first-order chi connectivity index (χ1) is 10.3. The first kappa shape index (κ1) is 14.0. The molecule has 0 spiro atoms. The second kappa shape index (κ2) is 6.68. The normalized spacial score (nSPS) is 18.3. The lowest BCUT2D eigenvalue weighted by atomic mass is 9.88. The monoisotopic (exact) mass is 281 g/mol. The Balaban J connectivity index is 1.76. The van der Waals surface area contributed by atoms with Gasteiger partial charge in [-0.3, -0.25) is 0 Å². The lowest BCUT2D eigenvalue weighted by Gasteiger charge is -2.26. The molecule has 2 heteroatoms. The van der Waals surface area contributed by atoms with Crippen molar-refractivity contribution in [1.29, 1.82) is 0 Å². The second-order valence-corrected chi connectivity index (χ2v) is 5.49. The Morgan fingerprint density at radius 1 is 1.00 bits per heavy atom. The SMILES string of the molecule is Fc1ccccc1C1=CCCC[C@@H]1NCc1ccccc1. The van der Waals surface area contributed by atoms with E-state index in [0.29, 0.717) is 0 Å². The number of hydrogen-bond donors (Lipinski definition) is 1. The smallest absolute Gasteiger partial charge is 0.130 e. The van der Waals surface area contributed by atoms with Gasteiger partial charge in [-0.1, -0.05) is 54.6 Å². The summed E-state index contributed by atoms with van der Waals surface area (Å²) in [6.07, 6.45) is 5.44. The maximum atomic E-state index is 14.0. The first-order valence-electron chi connectivity index (χ1n) is 7.57. The van der Waals surface area contributed by atoms with Gasteiger partial charge in [0.2, 0.25) is 0 Å². The Labute approximate surface area is 125 Å². The van der Waals surface area contributed by atoms with Crippen LogP contribution in [0.3, 0.4) is 0 Å². The molecule has 21 heavy (non-hydrogen) atoms. The highest BCUT2D eigenvalue weighted by Gasteiger charge is 2.20. The first-order valence-corrected chi connectivity index (χ1v) is 7.57. The van der Waals surface area contributed by atoms with Crippen LogP contribution in [0.15, 0.2) is 60.7 Å². The van der Waals surface area contributed by atoms with Gasteiger partial charge < -0.3 is 5.32 Å². The van der Waals surface area contributed by atoms with Crippen LogP contribution in [-0.4, -0.2) is 6.04 Å². The molecule has 0 radical (unpaired) electrons. The maximum absolute atomic E-state index is 14.0. The van der Waals surface area contributed by atoms with Crippen LogP contribution < -0.4 is 5.32 Å². The highest BCUT2D eigenvalue weighted by Crippen LogP contribution is 2.29. The van der Waals surface area contributed by atoms with Crippen LogP contribution in [0.2, 0.25) is 0 Å². The number of nitrogens with one attached hydrogen (secondary N) is 1. The quantitative estimate of drug-likeness (QED) is 0.867. The van der Waals surface area contributed by atoms with Gasteiger partial charge in [0.05, 0.1) is 0 Å². The average Bonchev–Trinajstić information content (AvgIpc) is 2.55. The van der Waals surface area contributed by atoms with Gasteiger partial charge in [-0.15, -0.1) is 0 Å². The topological polar surface area (TPSA) is 12.0 Å².